The fraction of sp³-hybridized carbons (Fsp3) is 0.860. The van der Waals surface area contributed by atoms with Gasteiger partial charge in [0.25, 0.3) is 0 Å². The Morgan fingerprint density at radius 3 is 1.30 bits per heavy atom. The third-order valence-corrected chi connectivity index (χ3v) is 12.7. The first kappa shape index (κ1) is 61.1. The van der Waals surface area contributed by atoms with Crippen LogP contribution in [0.15, 0.2) is 36.5 Å². The van der Waals surface area contributed by atoms with Gasteiger partial charge in [-0.25, -0.2) is 0 Å². The van der Waals surface area contributed by atoms with Gasteiger partial charge in [-0.05, 0) is 77.0 Å². The van der Waals surface area contributed by atoms with Crippen molar-refractivity contribution in [3.05, 3.63) is 36.5 Å². The molecule has 0 rings (SSSR count). The van der Waals surface area contributed by atoms with E-state index in [9.17, 15) is 19.8 Å². The molecular formula is C57H107NO5. The number of unbranched alkanes of at least 4 members (excludes halogenated alkanes) is 32. The van der Waals surface area contributed by atoms with Gasteiger partial charge < -0.3 is 20.3 Å². The molecule has 0 aromatic heterocycles. The largest absolute Gasteiger partial charge is 0.462 e. The topological polar surface area (TPSA) is 95.9 Å². The Morgan fingerprint density at radius 1 is 0.476 bits per heavy atom. The van der Waals surface area contributed by atoms with E-state index in [0.717, 1.165) is 83.5 Å². The van der Waals surface area contributed by atoms with Crippen molar-refractivity contribution in [1.82, 2.24) is 5.32 Å². The van der Waals surface area contributed by atoms with Crippen LogP contribution in [0.2, 0.25) is 0 Å². The number of nitrogens with one attached hydrogen (secondary N) is 1. The average Bonchev–Trinajstić information content (AvgIpc) is 3.28. The van der Waals surface area contributed by atoms with Crippen molar-refractivity contribution in [2.45, 2.75) is 309 Å². The number of hydrogen-bond acceptors (Lipinski definition) is 5. The highest BCUT2D eigenvalue weighted by Gasteiger charge is 2.24. The molecule has 0 saturated carbocycles. The lowest BCUT2D eigenvalue weighted by Crippen LogP contribution is -2.46. The highest BCUT2D eigenvalue weighted by Crippen LogP contribution is 2.18. The normalized spacial score (nSPS) is 13.4. The van der Waals surface area contributed by atoms with Gasteiger partial charge in [0.1, 0.15) is 6.10 Å². The number of rotatable bonds is 50. The summed E-state index contributed by atoms with van der Waals surface area (Å²) in [6, 6.07) is -0.706. The second kappa shape index (κ2) is 51.1. The van der Waals surface area contributed by atoms with Gasteiger partial charge in [-0.15, -0.1) is 0 Å². The van der Waals surface area contributed by atoms with Crippen LogP contribution in [0.1, 0.15) is 290 Å². The number of aliphatic hydroxyl groups is 2. The highest BCUT2D eigenvalue weighted by atomic mass is 16.5. The molecule has 0 aliphatic carbocycles. The molecule has 0 bridgehead atoms. The second-order valence-corrected chi connectivity index (χ2v) is 19.0. The van der Waals surface area contributed by atoms with Crippen LogP contribution in [0.3, 0.4) is 0 Å². The average molecular weight is 886 g/mol. The summed E-state index contributed by atoms with van der Waals surface area (Å²) in [4.78, 5) is 26.2. The van der Waals surface area contributed by atoms with Gasteiger partial charge in [-0.1, -0.05) is 237 Å². The van der Waals surface area contributed by atoms with E-state index in [2.05, 4.69) is 62.5 Å². The molecule has 6 nitrogen and oxygen atoms in total. The fourth-order valence-electron chi connectivity index (χ4n) is 8.52. The Labute approximate surface area is 392 Å². The molecule has 3 unspecified atom stereocenters. The molecule has 3 atom stereocenters. The lowest BCUT2D eigenvalue weighted by atomic mass is 10.0. The number of allylic oxidation sites excluding steroid dienone is 6. The van der Waals surface area contributed by atoms with E-state index in [4.69, 9.17) is 4.74 Å². The minimum Gasteiger partial charge on any atom is -0.462 e. The van der Waals surface area contributed by atoms with E-state index in [-0.39, 0.29) is 24.9 Å². The van der Waals surface area contributed by atoms with E-state index in [1.165, 1.54) is 161 Å². The zero-order valence-electron chi connectivity index (χ0n) is 42.2. The van der Waals surface area contributed by atoms with E-state index in [0.29, 0.717) is 19.3 Å². The van der Waals surface area contributed by atoms with Gasteiger partial charge in [-0.2, -0.15) is 0 Å². The molecular weight excluding hydrogens is 779 g/mol. The monoisotopic (exact) mass is 886 g/mol. The maximum Gasteiger partial charge on any atom is 0.306 e. The van der Waals surface area contributed by atoms with Crippen LogP contribution in [0.25, 0.3) is 0 Å². The maximum atomic E-state index is 13.2. The Morgan fingerprint density at radius 2 is 0.857 bits per heavy atom. The van der Waals surface area contributed by atoms with Gasteiger partial charge >= 0.3 is 5.97 Å². The Bertz CT molecular complexity index is 1040. The molecule has 0 aliphatic heterocycles. The SMILES string of the molecule is CC/C=C/C/C=C/CCCCCCCC(CC(=O)NC(CO)C(O)CCCCCCCCCCCCCCCC)OC(=O)CCCCCCC/C=C/CCCCCCCCCCC. The molecule has 0 spiro atoms. The highest BCUT2D eigenvalue weighted by molar-refractivity contribution is 5.77. The van der Waals surface area contributed by atoms with Crippen LogP contribution in [-0.2, 0) is 14.3 Å². The number of carbonyl (C=O) groups excluding carboxylic acids is 2. The van der Waals surface area contributed by atoms with Crippen molar-refractivity contribution < 1.29 is 24.5 Å². The molecule has 0 fully saturated rings. The van der Waals surface area contributed by atoms with Crippen LogP contribution in [-0.4, -0.2) is 46.9 Å². The van der Waals surface area contributed by atoms with E-state index in [1.54, 1.807) is 0 Å². The molecule has 1 amide bonds. The van der Waals surface area contributed by atoms with Crippen LogP contribution in [0.5, 0.6) is 0 Å². The Hall–Kier alpha value is -1.92. The first-order valence-corrected chi connectivity index (χ1v) is 27.7. The van der Waals surface area contributed by atoms with Crippen LogP contribution < -0.4 is 5.32 Å². The van der Waals surface area contributed by atoms with Crippen molar-refractivity contribution in [3.8, 4) is 0 Å². The van der Waals surface area contributed by atoms with Crippen molar-refractivity contribution >= 4 is 11.9 Å². The summed E-state index contributed by atoms with van der Waals surface area (Å²) in [6.45, 7) is 6.40. The molecule has 0 aromatic carbocycles. The predicted molar refractivity (Wildman–Crippen MR) is 273 cm³/mol. The van der Waals surface area contributed by atoms with Crippen molar-refractivity contribution in [2.24, 2.45) is 0 Å². The van der Waals surface area contributed by atoms with Crippen LogP contribution in [0, 0.1) is 0 Å². The van der Waals surface area contributed by atoms with Gasteiger partial charge in [0, 0.05) is 6.42 Å². The van der Waals surface area contributed by atoms with Crippen LogP contribution in [0.4, 0.5) is 0 Å². The minimum atomic E-state index is -0.791. The lowest BCUT2D eigenvalue weighted by molar-refractivity contribution is -0.151. The summed E-state index contributed by atoms with van der Waals surface area (Å²) in [5.41, 5.74) is 0. The Balaban J connectivity index is 4.51. The second-order valence-electron chi connectivity index (χ2n) is 19.0. The Kier molecular flexibility index (Phi) is 49.5. The van der Waals surface area contributed by atoms with Gasteiger partial charge in [0.15, 0.2) is 0 Å². The van der Waals surface area contributed by atoms with Gasteiger partial charge in [0.2, 0.25) is 5.91 Å². The lowest BCUT2D eigenvalue weighted by Gasteiger charge is -2.24. The quantitative estimate of drug-likeness (QED) is 0.0321. The number of hydrogen-bond donors (Lipinski definition) is 3. The summed E-state index contributed by atoms with van der Waals surface area (Å²) in [5, 5.41) is 23.8. The predicted octanol–water partition coefficient (Wildman–Crippen LogP) is 16.8. The molecule has 0 saturated heterocycles. The van der Waals surface area contributed by atoms with Gasteiger partial charge in [-0.3, -0.25) is 9.59 Å². The molecule has 63 heavy (non-hydrogen) atoms. The summed E-state index contributed by atoms with van der Waals surface area (Å²) in [7, 11) is 0. The van der Waals surface area contributed by atoms with Crippen LogP contribution >= 0.6 is 0 Å². The number of esters is 1. The summed E-state index contributed by atoms with van der Waals surface area (Å²) in [6.07, 6.45) is 60.7. The number of aliphatic hydroxyl groups excluding tert-OH is 2. The van der Waals surface area contributed by atoms with Gasteiger partial charge in [0.05, 0.1) is 25.2 Å². The number of amides is 1. The number of ether oxygens (including phenoxy) is 1. The first-order valence-electron chi connectivity index (χ1n) is 27.7. The maximum absolute atomic E-state index is 13.2. The molecule has 0 aliphatic rings. The summed E-state index contributed by atoms with van der Waals surface area (Å²) in [5.74, 6) is -0.487. The zero-order chi connectivity index (χ0) is 45.9. The molecule has 0 radical (unpaired) electrons. The smallest absolute Gasteiger partial charge is 0.306 e. The molecule has 0 heterocycles. The zero-order valence-corrected chi connectivity index (χ0v) is 42.2. The van der Waals surface area contributed by atoms with E-state index >= 15 is 0 Å². The fourth-order valence-corrected chi connectivity index (χ4v) is 8.52. The molecule has 3 N–H and O–H groups in total. The summed E-state index contributed by atoms with van der Waals surface area (Å²) >= 11 is 0. The van der Waals surface area contributed by atoms with Crippen molar-refractivity contribution in [2.75, 3.05) is 6.61 Å². The third-order valence-electron chi connectivity index (χ3n) is 12.7. The number of carbonyl (C=O) groups is 2. The standard InChI is InChI=1S/C57H107NO5/c1-4-7-10-13-16-19-22-25-27-28-29-30-32-35-38-41-44-47-50-57(62)63-53(48-45-42-39-36-33-24-21-18-15-12-9-6-3)51-56(61)58-54(52-59)55(60)49-46-43-40-37-34-31-26-23-20-17-14-11-8-5-2/h9,12,18,21,29-30,53-55,59-60H,4-8,10-11,13-17,19-20,22-28,31-52H2,1-3H3,(H,58,61)/b12-9+,21-18+,30-29+. The first-order chi connectivity index (χ1) is 31.0. The van der Waals surface area contributed by atoms with E-state index in [1.807, 2.05) is 0 Å². The summed E-state index contributed by atoms with van der Waals surface area (Å²) < 4.78 is 5.94. The molecule has 6 heteroatoms. The van der Waals surface area contributed by atoms with Crippen molar-refractivity contribution in [3.63, 3.8) is 0 Å². The van der Waals surface area contributed by atoms with E-state index < -0.39 is 18.2 Å². The molecule has 0 aromatic rings. The third kappa shape index (κ3) is 46.4. The molecule has 370 valence electrons. The minimum absolute atomic E-state index is 0.0672. The van der Waals surface area contributed by atoms with Crippen molar-refractivity contribution in [1.29, 1.82) is 0 Å².